The van der Waals surface area contributed by atoms with Crippen LogP contribution in [0, 0.1) is 13.8 Å². The summed E-state index contributed by atoms with van der Waals surface area (Å²) in [6, 6.07) is 3.98. The molecule has 1 aromatic carbocycles. The van der Waals surface area contributed by atoms with Crippen molar-refractivity contribution in [2.75, 3.05) is 0 Å². The number of aromatic nitrogens is 4. The SMILES string of the molecule is Cc1c(-c2nccn2C)cc(C(F)(F)F)cc1-[n+]1cccnc1C. The Morgan fingerprint density at radius 3 is 2.42 bits per heavy atom. The van der Waals surface area contributed by atoms with Crippen molar-refractivity contribution in [2.45, 2.75) is 20.0 Å². The maximum Gasteiger partial charge on any atom is 0.416 e. The Kier molecular flexibility index (Phi) is 3.87. The largest absolute Gasteiger partial charge is 0.416 e. The van der Waals surface area contributed by atoms with Crippen molar-refractivity contribution >= 4 is 0 Å². The van der Waals surface area contributed by atoms with Gasteiger partial charge in [0.2, 0.25) is 0 Å². The fraction of sp³-hybridized carbons (Fsp3) is 0.235. The summed E-state index contributed by atoms with van der Waals surface area (Å²) >= 11 is 0. The average Bonchev–Trinajstić information content (AvgIpc) is 2.93. The highest BCUT2D eigenvalue weighted by molar-refractivity contribution is 5.66. The van der Waals surface area contributed by atoms with Crippen molar-refractivity contribution in [3.05, 3.63) is 59.9 Å². The van der Waals surface area contributed by atoms with Crippen LogP contribution in [0.3, 0.4) is 0 Å². The highest BCUT2D eigenvalue weighted by Gasteiger charge is 2.33. The number of aryl methyl sites for hydroxylation is 2. The van der Waals surface area contributed by atoms with Crippen LogP contribution in [0.2, 0.25) is 0 Å². The molecular formula is C17H16F3N4+. The highest BCUT2D eigenvalue weighted by atomic mass is 19.4. The molecule has 0 saturated carbocycles. The molecule has 3 aromatic rings. The number of alkyl halides is 3. The van der Waals surface area contributed by atoms with Crippen molar-refractivity contribution in [3.63, 3.8) is 0 Å². The van der Waals surface area contributed by atoms with Gasteiger partial charge in [-0.15, -0.1) is 0 Å². The molecule has 2 heterocycles. The molecule has 0 unspecified atom stereocenters. The summed E-state index contributed by atoms with van der Waals surface area (Å²) < 4.78 is 43.5. The van der Waals surface area contributed by atoms with E-state index < -0.39 is 11.7 Å². The predicted molar refractivity (Wildman–Crippen MR) is 82.4 cm³/mol. The summed E-state index contributed by atoms with van der Waals surface area (Å²) in [5, 5.41) is 0. The zero-order valence-electron chi connectivity index (χ0n) is 13.5. The molecule has 0 saturated heterocycles. The third-order valence-corrected chi connectivity index (χ3v) is 3.96. The number of hydrogen-bond acceptors (Lipinski definition) is 2. The Labute approximate surface area is 137 Å². The summed E-state index contributed by atoms with van der Waals surface area (Å²) in [5.41, 5.74) is 0.881. The van der Waals surface area contributed by atoms with Crippen LogP contribution in [0.4, 0.5) is 13.2 Å². The summed E-state index contributed by atoms with van der Waals surface area (Å²) in [4.78, 5) is 8.36. The van der Waals surface area contributed by atoms with Crippen LogP contribution in [0.25, 0.3) is 17.1 Å². The molecule has 7 heteroatoms. The van der Waals surface area contributed by atoms with Gasteiger partial charge in [0.25, 0.3) is 5.82 Å². The maximum absolute atomic E-state index is 13.4. The second-order valence-corrected chi connectivity index (χ2v) is 5.56. The van der Waals surface area contributed by atoms with Gasteiger partial charge in [-0.3, -0.25) is 0 Å². The van der Waals surface area contributed by atoms with Crippen molar-refractivity contribution < 1.29 is 17.7 Å². The van der Waals surface area contributed by atoms with Crippen LogP contribution in [-0.2, 0) is 13.2 Å². The molecule has 0 spiro atoms. The van der Waals surface area contributed by atoms with Gasteiger partial charge >= 0.3 is 6.18 Å². The smallest absolute Gasteiger partial charge is 0.334 e. The fourth-order valence-corrected chi connectivity index (χ4v) is 2.67. The van der Waals surface area contributed by atoms with E-state index in [1.807, 2.05) is 0 Å². The third-order valence-electron chi connectivity index (χ3n) is 3.96. The lowest BCUT2D eigenvalue weighted by Crippen LogP contribution is -2.36. The number of halogens is 3. The molecule has 4 nitrogen and oxygen atoms in total. The van der Waals surface area contributed by atoms with Crippen molar-refractivity contribution in [1.82, 2.24) is 14.5 Å². The summed E-state index contributed by atoms with van der Waals surface area (Å²) in [7, 11) is 1.75. The first-order valence-corrected chi connectivity index (χ1v) is 7.32. The van der Waals surface area contributed by atoms with Crippen LogP contribution >= 0.6 is 0 Å². The molecule has 0 N–H and O–H groups in total. The molecule has 0 aliphatic carbocycles. The molecular weight excluding hydrogens is 317 g/mol. The van der Waals surface area contributed by atoms with E-state index in [9.17, 15) is 13.2 Å². The fourth-order valence-electron chi connectivity index (χ4n) is 2.67. The van der Waals surface area contributed by atoms with Crippen LogP contribution in [0.1, 0.15) is 17.0 Å². The van der Waals surface area contributed by atoms with Crippen molar-refractivity contribution in [3.8, 4) is 17.1 Å². The zero-order chi connectivity index (χ0) is 17.5. The molecule has 0 aliphatic rings. The van der Waals surface area contributed by atoms with E-state index in [0.717, 1.165) is 12.1 Å². The quantitative estimate of drug-likeness (QED) is 0.674. The summed E-state index contributed by atoms with van der Waals surface area (Å²) in [6.45, 7) is 3.54. The first-order valence-electron chi connectivity index (χ1n) is 7.32. The molecule has 0 radical (unpaired) electrons. The molecule has 124 valence electrons. The topological polar surface area (TPSA) is 34.6 Å². The van der Waals surface area contributed by atoms with Gasteiger partial charge in [-0.1, -0.05) is 4.98 Å². The monoisotopic (exact) mass is 333 g/mol. The second-order valence-electron chi connectivity index (χ2n) is 5.56. The molecule has 24 heavy (non-hydrogen) atoms. The first kappa shape index (κ1) is 16.2. The molecule has 0 aliphatic heterocycles. The van der Waals surface area contributed by atoms with Crippen LogP contribution in [-0.4, -0.2) is 14.5 Å². The summed E-state index contributed by atoms with van der Waals surface area (Å²) in [5.74, 6) is 1.09. The minimum atomic E-state index is -4.45. The Morgan fingerprint density at radius 1 is 1.08 bits per heavy atom. The molecule has 0 bridgehead atoms. The first-order chi connectivity index (χ1) is 11.3. The summed E-state index contributed by atoms with van der Waals surface area (Å²) in [6.07, 6.45) is 2.13. The van der Waals surface area contributed by atoms with Crippen LogP contribution in [0.15, 0.2) is 43.0 Å². The number of rotatable bonds is 2. The van der Waals surface area contributed by atoms with Crippen molar-refractivity contribution in [2.24, 2.45) is 7.05 Å². The molecule has 3 rings (SSSR count). The van der Waals surface area contributed by atoms with Gasteiger partial charge in [0.05, 0.1) is 5.56 Å². The normalized spacial score (nSPS) is 11.8. The lowest BCUT2D eigenvalue weighted by atomic mass is 10.0. The Hall–Kier alpha value is -2.70. The van der Waals surface area contributed by atoms with E-state index in [1.54, 1.807) is 60.9 Å². The van der Waals surface area contributed by atoms with Crippen LogP contribution in [0.5, 0.6) is 0 Å². The number of imidazole rings is 1. The van der Waals surface area contributed by atoms with Crippen LogP contribution < -0.4 is 4.57 Å². The van der Waals surface area contributed by atoms with E-state index in [4.69, 9.17) is 0 Å². The minimum Gasteiger partial charge on any atom is -0.334 e. The van der Waals surface area contributed by atoms with Gasteiger partial charge in [0.15, 0.2) is 0 Å². The maximum atomic E-state index is 13.4. The van der Waals surface area contributed by atoms with E-state index >= 15 is 0 Å². The number of benzene rings is 1. The van der Waals surface area contributed by atoms with E-state index in [-0.39, 0.29) is 0 Å². The van der Waals surface area contributed by atoms with Gasteiger partial charge in [0.1, 0.15) is 23.9 Å². The second kappa shape index (κ2) is 5.74. The Morgan fingerprint density at radius 2 is 1.83 bits per heavy atom. The highest BCUT2D eigenvalue weighted by Crippen LogP contribution is 2.35. The average molecular weight is 333 g/mol. The lowest BCUT2D eigenvalue weighted by Gasteiger charge is -2.15. The van der Waals surface area contributed by atoms with Gasteiger partial charge in [-0.25, -0.2) is 9.55 Å². The van der Waals surface area contributed by atoms with Gasteiger partial charge in [-0.05, 0) is 19.1 Å². The minimum absolute atomic E-state index is 0.438. The third kappa shape index (κ3) is 2.77. The van der Waals surface area contributed by atoms with E-state index in [0.29, 0.717) is 28.5 Å². The van der Waals surface area contributed by atoms with Gasteiger partial charge in [-0.2, -0.15) is 13.2 Å². The molecule has 0 amide bonds. The van der Waals surface area contributed by atoms with E-state index in [1.165, 1.54) is 0 Å². The zero-order valence-corrected chi connectivity index (χ0v) is 13.5. The molecule has 2 aromatic heterocycles. The van der Waals surface area contributed by atoms with E-state index in [2.05, 4.69) is 9.97 Å². The number of nitrogens with zero attached hydrogens (tertiary/aromatic N) is 4. The molecule has 0 atom stereocenters. The standard InChI is InChI=1S/C17H16F3N4/c1-11-14(16-22-6-8-23(16)3)9-13(17(18,19)20)10-15(11)24-7-4-5-21-12(24)2/h4-10H,1-3H3/q+1. The predicted octanol–water partition coefficient (Wildman–Crippen LogP) is 3.39. The Bertz CT molecular complexity index is 897. The van der Waals surface area contributed by atoms with Gasteiger partial charge in [0, 0.05) is 43.6 Å². The Balaban J connectivity index is 2.34. The number of hydrogen-bond donors (Lipinski definition) is 0. The van der Waals surface area contributed by atoms with Gasteiger partial charge < -0.3 is 4.57 Å². The molecule has 0 fully saturated rings. The van der Waals surface area contributed by atoms with Crippen molar-refractivity contribution in [1.29, 1.82) is 0 Å². The lowest BCUT2D eigenvalue weighted by molar-refractivity contribution is -0.606.